The van der Waals surface area contributed by atoms with Gasteiger partial charge in [0.25, 0.3) is 5.91 Å². The first-order valence-electron chi connectivity index (χ1n) is 9.27. The third-order valence-electron chi connectivity index (χ3n) is 4.97. The predicted molar refractivity (Wildman–Crippen MR) is 109 cm³/mol. The fraction of sp³-hybridized carbons (Fsp3) is 0.333. The average Bonchev–Trinajstić information content (AvgIpc) is 3.07. The minimum absolute atomic E-state index is 0. The summed E-state index contributed by atoms with van der Waals surface area (Å²) in [6.45, 7) is 1.31. The number of hydrogen-bond acceptors (Lipinski definition) is 3. The largest absolute Gasteiger partial charge is 0.352 e. The molecule has 0 saturated carbocycles. The van der Waals surface area contributed by atoms with Gasteiger partial charge in [-0.2, -0.15) is 0 Å². The lowest BCUT2D eigenvalue weighted by Crippen LogP contribution is -2.33. The summed E-state index contributed by atoms with van der Waals surface area (Å²) in [6, 6.07) is 12.6. The van der Waals surface area contributed by atoms with Crippen LogP contribution in [-0.2, 0) is 4.79 Å². The number of halogens is 3. The van der Waals surface area contributed by atoms with E-state index in [1.54, 1.807) is 4.90 Å². The molecule has 0 radical (unpaired) electrons. The highest BCUT2D eigenvalue weighted by molar-refractivity contribution is 5.94. The molecule has 0 aromatic heterocycles. The molecule has 0 bridgehead atoms. The summed E-state index contributed by atoms with van der Waals surface area (Å²) in [7, 11) is 0. The van der Waals surface area contributed by atoms with E-state index in [4.69, 9.17) is 5.73 Å². The summed E-state index contributed by atoms with van der Waals surface area (Å²) in [6.07, 6.45) is 0.690. The first-order valence-corrected chi connectivity index (χ1v) is 9.27. The molecule has 1 aliphatic rings. The Balaban J connectivity index is 0.00000300. The standard InChI is InChI=1S/C21H23F2N3O2.ClH/c22-15-8-9-16(18(23)11-15)21(28)25-10-4-7-20(27)26-12-17(19(24)13-26)14-5-2-1-3-6-14;/h1-3,5-6,8-9,11,17,19H,4,7,10,12-13,24H2,(H,25,28);1H/t17-,19+;/m0./s1. The normalized spacial score (nSPS) is 18.2. The molecule has 8 heteroatoms. The number of benzene rings is 2. The minimum atomic E-state index is -0.911. The second kappa shape index (κ2) is 10.3. The Kier molecular flexibility index (Phi) is 8.10. The predicted octanol–water partition coefficient (Wildman–Crippen LogP) is 2.85. The van der Waals surface area contributed by atoms with Crippen molar-refractivity contribution in [2.45, 2.75) is 24.8 Å². The van der Waals surface area contributed by atoms with Crippen LogP contribution in [0.3, 0.4) is 0 Å². The molecule has 5 nitrogen and oxygen atoms in total. The molecule has 1 heterocycles. The lowest BCUT2D eigenvalue weighted by Gasteiger charge is -2.16. The van der Waals surface area contributed by atoms with Gasteiger partial charge in [0, 0.05) is 44.1 Å². The van der Waals surface area contributed by atoms with E-state index in [0.717, 1.165) is 17.7 Å². The number of hydrogen-bond donors (Lipinski definition) is 2. The van der Waals surface area contributed by atoms with Crippen molar-refractivity contribution >= 4 is 24.2 Å². The van der Waals surface area contributed by atoms with Crippen LogP contribution in [0, 0.1) is 11.6 Å². The number of nitrogens with zero attached hydrogens (tertiary/aromatic N) is 1. The van der Waals surface area contributed by atoms with Crippen molar-refractivity contribution in [3.05, 3.63) is 71.3 Å². The topological polar surface area (TPSA) is 75.4 Å². The average molecular weight is 424 g/mol. The number of carbonyl (C=O) groups excluding carboxylic acids is 2. The molecule has 3 rings (SSSR count). The zero-order valence-corrected chi connectivity index (χ0v) is 16.6. The maximum atomic E-state index is 13.6. The SMILES string of the molecule is Cl.N[C@@H]1CN(C(=O)CCCNC(=O)c2ccc(F)cc2F)C[C@H]1c1ccccc1. The van der Waals surface area contributed by atoms with Crippen molar-refractivity contribution in [1.82, 2.24) is 10.2 Å². The van der Waals surface area contributed by atoms with Crippen LogP contribution in [0.25, 0.3) is 0 Å². The monoisotopic (exact) mass is 423 g/mol. The maximum absolute atomic E-state index is 13.6. The quantitative estimate of drug-likeness (QED) is 0.701. The molecule has 0 aliphatic carbocycles. The third-order valence-corrected chi connectivity index (χ3v) is 4.97. The molecule has 29 heavy (non-hydrogen) atoms. The van der Waals surface area contributed by atoms with Crippen LogP contribution in [0.1, 0.15) is 34.7 Å². The number of amides is 2. The number of nitrogens with one attached hydrogen (secondary N) is 1. The zero-order valence-electron chi connectivity index (χ0n) is 15.8. The van der Waals surface area contributed by atoms with Gasteiger partial charge < -0.3 is 16.0 Å². The summed E-state index contributed by atoms with van der Waals surface area (Å²) in [5.74, 6) is -2.18. The van der Waals surface area contributed by atoms with E-state index in [9.17, 15) is 18.4 Å². The lowest BCUT2D eigenvalue weighted by molar-refractivity contribution is -0.130. The maximum Gasteiger partial charge on any atom is 0.254 e. The summed E-state index contributed by atoms with van der Waals surface area (Å²) in [5, 5.41) is 2.55. The van der Waals surface area contributed by atoms with Gasteiger partial charge >= 0.3 is 0 Å². The summed E-state index contributed by atoms with van der Waals surface area (Å²) < 4.78 is 26.5. The van der Waals surface area contributed by atoms with Crippen molar-refractivity contribution in [3.8, 4) is 0 Å². The Bertz CT molecular complexity index is 851. The first kappa shape index (κ1) is 22.8. The number of rotatable bonds is 6. The smallest absolute Gasteiger partial charge is 0.254 e. The summed E-state index contributed by atoms with van der Waals surface area (Å²) >= 11 is 0. The van der Waals surface area contributed by atoms with Gasteiger partial charge in [0.05, 0.1) is 5.56 Å². The number of carbonyl (C=O) groups is 2. The van der Waals surface area contributed by atoms with Crippen LogP contribution in [0.2, 0.25) is 0 Å². The fourth-order valence-corrected chi connectivity index (χ4v) is 3.45. The Morgan fingerprint density at radius 2 is 1.83 bits per heavy atom. The Morgan fingerprint density at radius 1 is 1.10 bits per heavy atom. The molecule has 0 unspecified atom stereocenters. The van der Waals surface area contributed by atoms with Gasteiger partial charge in [-0.15, -0.1) is 12.4 Å². The molecule has 1 fully saturated rings. The van der Waals surface area contributed by atoms with E-state index in [-0.39, 0.29) is 48.8 Å². The van der Waals surface area contributed by atoms with E-state index in [1.807, 2.05) is 30.3 Å². The molecular weight excluding hydrogens is 400 g/mol. The molecule has 2 aromatic carbocycles. The number of likely N-dealkylation sites (tertiary alicyclic amines) is 1. The van der Waals surface area contributed by atoms with Crippen molar-refractivity contribution < 1.29 is 18.4 Å². The van der Waals surface area contributed by atoms with Gasteiger partial charge in [0.1, 0.15) is 11.6 Å². The summed E-state index contributed by atoms with van der Waals surface area (Å²) in [4.78, 5) is 26.1. The second-order valence-corrected chi connectivity index (χ2v) is 6.96. The molecular formula is C21H24ClF2N3O2. The van der Waals surface area contributed by atoms with Crippen molar-refractivity contribution in [2.24, 2.45) is 5.73 Å². The number of nitrogens with two attached hydrogens (primary N) is 1. The van der Waals surface area contributed by atoms with Gasteiger partial charge in [-0.05, 0) is 24.1 Å². The van der Waals surface area contributed by atoms with Crippen molar-refractivity contribution in [3.63, 3.8) is 0 Å². The molecule has 2 atom stereocenters. The molecule has 1 saturated heterocycles. The van der Waals surface area contributed by atoms with E-state index >= 15 is 0 Å². The Hall–Kier alpha value is -2.51. The van der Waals surface area contributed by atoms with E-state index in [2.05, 4.69) is 5.32 Å². The van der Waals surface area contributed by atoms with Crippen LogP contribution in [0.15, 0.2) is 48.5 Å². The van der Waals surface area contributed by atoms with Crippen LogP contribution in [0.4, 0.5) is 8.78 Å². The molecule has 156 valence electrons. The second-order valence-electron chi connectivity index (χ2n) is 6.96. The molecule has 2 amide bonds. The molecule has 2 aromatic rings. The van der Waals surface area contributed by atoms with Crippen molar-refractivity contribution in [2.75, 3.05) is 19.6 Å². The molecule has 1 aliphatic heterocycles. The lowest BCUT2D eigenvalue weighted by atomic mass is 9.95. The fourth-order valence-electron chi connectivity index (χ4n) is 3.45. The van der Waals surface area contributed by atoms with Gasteiger partial charge in [0.2, 0.25) is 5.91 Å². The van der Waals surface area contributed by atoms with Crippen LogP contribution in [0.5, 0.6) is 0 Å². The zero-order chi connectivity index (χ0) is 20.1. The Labute approximate surface area is 174 Å². The highest BCUT2D eigenvalue weighted by Gasteiger charge is 2.33. The highest BCUT2D eigenvalue weighted by atomic mass is 35.5. The van der Waals surface area contributed by atoms with Gasteiger partial charge in [-0.3, -0.25) is 9.59 Å². The van der Waals surface area contributed by atoms with Gasteiger partial charge in [-0.25, -0.2) is 8.78 Å². The third kappa shape index (κ3) is 5.74. The van der Waals surface area contributed by atoms with E-state index in [1.165, 1.54) is 0 Å². The summed E-state index contributed by atoms with van der Waals surface area (Å²) in [5.41, 5.74) is 7.12. The van der Waals surface area contributed by atoms with Crippen LogP contribution >= 0.6 is 12.4 Å². The Morgan fingerprint density at radius 3 is 2.52 bits per heavy atom. The van der Waals surface area contributed by atoms with Gasteiger partial charge in [-0.1, -0.05) is 30.3 Å². The van der Waals surface area contributed by atoms with Crippen LogP contribution in [-0.4, -0.2) is 42.4 Å². The minimum Gasteiger partial charge on any atom is -0.352 e. The van der Waals surface area contributed by atoms with E-state index < -0.39 is 17.5 Å². The van der Waals surface area contributed by atoms with Gasteiger partial charge in [0.15, 0.2) is 0 Å². The van der Waals surface area contributed by atoms with Crippen LogP contribution < -0.4 is 11.1 Å². The first-order chi connectivity index (χ1) is 13.5. The van der Waals surface area contributed by atoms with E-state index in [0.29, 0.717) is 25.6 Å². The van der Waals surface area contributed by atoms with Crippen molar-refractivity contribution in [1.29, 1.82) is 0 Å². The highest BCUT2D eigenvalue weighted by Crippen LogP contribution is 2.26. The molecule has 3 N–H and O–H groups in total. The molecule has 0 spiro atoms.